The van der Waals surface area contributed by atoms with Crippen molar-refractivity contribution >= 4 is 5.91 Å². The monoisotopic (exact) mass is 186 g/mol. The summed E-state index contributed by atoms with van der Waals surface area (Å²) < 4.78 is 0. The zero-order valence-electron chi connectivity index (χ0n) is 8.12. The summed E-state index contributed by atoms with van der Waals surface area (Å²) >= 11 is 0. The van der Waals surface area contributed by atoms with E-state index < -0.39 is 11.5 Å². The number of amides is 1. The molecule has 0 aromatic carbocycles. The molecule has 0 aromatic heterocycles. The van der Waals surface area contributed by atoms with E-state index in [1.165, 1.54) is 0 Å². The van der Waals surface area contributed by atoms with Crippen LogP contribution in [0.1, 0.15) is 26.2 Å². The van der Waals surface area contributed by atoms with Crippen molar-refractivity contribution in [3.63, 3.8) is 0 Å². The number of carbonyl (C=O) groups is 1. The topological polar surface area (TPSA) is 66.6 Å². The van der Waals surface area contributed by atoms with Gasteiger partial charge in [-0.25, -0.2) is 0 Å². The molecule has 0 bridgehead atoms. The van der Waals surface area contributed by atoms with Crippen LogP contribution in [0.15, 0.2) is 0 Å². The zero-order valence-corrected chi connectivity index (χ0v) is 8.12. The fraction of sp³-hybridized carbons (Fsp3) is 0.889. The van der Waals surface area contributed by atoms with E-state index in [9.17, 15) is 9.90 Å². The fourth-order valence-corrected chi connectivity index (χ4v) is 1.79. The van der Waals surface area contributed by atoms with Crippen molar-refractivity contribution in [3.8, 4) is 0 Å². The molecule has 76 valence electrons. The van der Waals surface area contributed by atoms with Crippen molar-refractivity contribution in [3.05, 3.63) is 0 Å². The van der Waals surface area contributed by atoms with Crippen LogP contribution in [-0.4, -0.2) is 41.1 Å². The van der Waals surface area contributed by atoms with Crippen LogP contribution < -0.4 is 5.73 Å². The molecule has 1 aliphatic rings. The minimum absolute atomic E-state index is 0.102. The van der Waals surface area contributed by atoms with Crippen LogP contribution in [0, 0.1) is 0 Å². The van der Waals surface area contributed by atoms with Crippen molar-refractivity contribution in [1.82, 2.24) is 4.90 Å². The summed E-state index contributed by atoms with van der Waals surface area (Å²) in [4.78, 5) is 12.9. The number of aliphatic hydroxyl groups is 1. The highest BCUT2D eigenvalue weighted by molar-refractivity contribution is 5.74. The maximum atomic E-state index is 10.7. The Morgan fingerprint density at radius 3 is 2.46 bits per heavy atom. The van der Waals surface area contributed by atoms with Gasteiger partial charge in [-0.15, -0.1) is 0 Å². The second kappa shape index (κ2) is 4.07. The van der Waals surface area contributed by atoms with Gasteiger partial charge in [0.25, 0.3) is 0 Å². The van der Waals surface area contributed by atoms with Crippen LogP contribution in [-0.2, 0) is 4.79 Å². The number of nitrogens with two attached hydrogens (primary N) is 1. The number of hydrogen-bond acceptors (Lipinski definition) is 3. The summed E-state index contributed by atoms with van der Waals surface area (Å²) in [5, 5.41) is 9.93. The predicted molar refractivity (Wildman–Crippen MR) is 50.1 cm³/mol. The Balaban J connectivity index is 2.41. The first-order valence-corrected chi connectivity index (χ1v) is 4.79. The van der Waals surface area contributed by atoms with Gasteiger partial charge in [0, 0.05) is 13.1 Å². The second-order valence-corrected chi connectivity index (χ2v) is 3.80. The number of rotatable bonds is 3. The van der Waals surface area contributed by atoms with E-state index in [0.717, 1.165) is 19.6 Å². The molecule has 1 amide bonds. The molecule has 0 saturated carbocycles. The van der Waals surface area contributed by atoms with Crippen LogP contribution in [0.25, 0.3) is 0 Å². The summed E-state index contributed by atoms with van der Waals surface area (Å²) in [7, 11) is 0. The molecule has 0 spiro atoms. The minimum atomic E-state index is -0.836. The van der Waals surface area contributed by atoms with E-state index in [0.29, 0.717) is 12.8 Å². The summed E-state index contributed by atoms with van der Waals surface area (Å²) in [5.41, 5.74) is 4.23. The number of nitrogens with zero attached hydrogens (tertiary/aromatic N) is 1. The summed E-state index contributed by atoms with van der Waals surface area (Å²) in [5.74, 6) is -0.410. The van der Waals surface area contributed by atoms with Crippen LogP contribution >= 0.6 is 0 Å². The fourth-order valence-electron chi connectivity index (χ4n) is 1.79. The number of likely N-dealkylation sites (tertiary alicyclic amines) is 1. The molecule has 1 heterocycles. The quantitative estimate of drug-likeness (QED) is 0.636. The normalized spacial score (nSPS) is 22.9. The van der Waals surface area contributed by atoms with Gasteiger partial charge in [-0.05, 0) is 19.4 Å². The number of primary amides is 1. The van der Waals surface area contributed by atoms with Crippen molar-refractivity contribution in [2.75, 3.05) is 19.6 Å². The Labute approximate surface area is 78.7 Å². The Morgan fingerprint density at radius 1 is 1.54 bits per heavy atom. The molecule has 3 N–H and O–H groups in total. The van der Waals surface area contributed by atoms with E-state index >= 15 is 0 Å². The Morgan fingerprint density at radius 2 is 2.08 bits per heavy atom. The highest BCUT2D eigenvalue weighted by atomic mass is 16.3. The van der Waals surface area contributed by atoms with Crippen LogP contribution in [0.3, 0.4) is 0 Å². The van der Waals surface area contributed by atoms with Gasteiger partial charge in [-0.1, -0.05) is 6.92 Å². The Hall–Kier alpha value is -0.610. The van der Waals surface area contributed by atoms with Crippen molar-refractivity contribution in [2.24, 2.45) is 5.73 Å². The van der Waals surface area contributed by atoms with E-state index in [1.54, 1.807) is 0 Å². The first kappa shape index (κ1) is 10.5. The first-order valence-electron chi connectivity index (χ1n) is 4.79. The lowest BCUT2D eigenvalue weighted by atomic mass is 9.88. The van der Waals surface area contributed by atoms with Gasteiger partial charge in [-0.3, -0.25) is 4.79 Å². The zero-order chi connectivity index (χ0) is 9.90. The third-order valence-electron chi connectivity index (χ3n) is 2.74. The van der Waals surface area contributed by atoms with Crippen LogP contribution in [0.4, 0.5) is 0 Å². The van der Waals surface area contributed by atoms with Crippen molar-refractivity contribution in [2.45, 2.75) is 31.8 Å². The highest BCUT2D eigenvalue weighted by Gasteiger charge is 2.33. The van der Waals surface area contributed by atoms with Gasteiger partial charge >= 0.3 is 0 Å². The van der Waals surface area contributed by atoms with Gasteiger partial charge in [-0.2, -0.15) is 0 Å². The van der Waals surface area contributed by atoms with Crippen LogP contribution in [0.2, 0.25) is 0 Å². The third-order valence-corrected chi connectivity index (χ3v) is 2.74. The molecule has 1 fully saturated rings. The van der Waals surface area contributed by atoms with E-state index in [-0.39, 0.29) is 6.42 Å². The molecule has 0 aromatic rings. The first-order chi connectivity index (χ1) is 6.06. The van der Waals surface area contributed by atoms with E-state index in [4.69, 9.17) is 5.73 Å². The van der Waals surface area contributed by atoms with Gasteiger partial charge < -0.3 is 15.7 Å². The lowest BCUT2D eigenvalue weighted by Gasteiger charge is -2.37. The maximum absolute atomic E-state index is 10.7. The molecule has 4 heteroatoms. The molecule has 1 rings (SSSR count). The SMILES string of the molecule is CCN1CCC(O)(CC(N)=O)CC1. The summed E-state index contributed by atoms with van der Waals surface area (Å²) in [6.07, 6.45) is 1.41. The standard InChI is InChI=1S/C9H18N2O2/c1-2-11-5-3-9(13,4-6-11)7-8(10)12/h13H,2-7H2,1H3,(H2,10,12). The van der Waals surface area contributed by atoms with Crippen molar-refractivity contribution < 1.29 is 9.90 Å². The highest BCUT2D eigenvalue weighted by Crippen LogP contribution is 2.24. The molecule has 13 heavy (non-hydrogen) atoms. The third kappa shape index (κ3) is 2.97. The molecular weight excluding hydrogens is 168 g/mol. The Kier molecular flexibility index (Phi) is 3.27. The average Bonchev–Trinajstić information content (AvgIpc) is 2.04. The molecule has 0 radical (unpaired) electrons. The average molecular weight is 186 g/mol. The molecule has 1 saturated heterocycles. The second-order valence-electron chi connectivity index (χ2n) is 3.80. The van der Waals surface area contributed by atoms with Crippen LogP contribution in [0.5, 0.6) is 0 Å². The molecule has 0 atom stereocenters. The van der Waals surface area contributed by atoms with Gasteiger partial charge in [0.2, 0.25) is 5.91 Å². The van der Waals surface area contributed by atoms with Crippen molar-refractivity contribution in [1.29, 1.82) is 0 Å². The minimum Gasteiger partial charge on any atom is -0.389 e. The Bertz CT molecular complexity index is 186. The molecule has 0 aliphatic carbocycles. The lowest BCUT2D eigenvalue weighted by molar-refractivity contribution is -0.125. The van der Waals surface area contributed by atoms with Gasteiger partial charge in [0.05, 0.1) is 12.0 Å². The molecule has 1 aliphatic heterocycles. The molecular formula is C9H18N2O2. The number of carbonyl (C=O) groups excluding carboxylic acids is 1. The summed E-state index contributed by atoms with van der Waals surface area (Å²) in [6.45, 7) is 4.83. The predicted octanol–water partition coefficient (Wildman–Crippen LogP) is -0.291. The number of hydrogen-bond donors (Lipinski definition) is 2. The molecule has 0 unspecified atom stereocenters. The van der Waals surface area contributed by atoms with Gasteiger partial charge in [0.1, 0.15) is 0 Å². The number of piperidine rings is 1. The van der Waals surface area contributed by atoms with E-state index in [2.05, 4.69) is 11.8 Å². The lowest BCUT2D eigenvalue weighted by Crippen LogP contribution is -2.46. The smallest absolute Gasteiger partial charge is 0.220 e. The van der Waals surface area contributed by atoms with Gasteiger partial charge in [0.15, 0.2) is 0 Å². The summed E-state index contributed by atoms with van der Waals surface area (Å²) in [6, 6.07) is 0. The largest absolute Gasteiger partial charge is 0.389 e. The molecule has 4 nitrogen and oxygen atoms in total. The maximum Gasteiger partial charge on any atom is 0.220 e. The van der Waals surface area contributed by atoms with E-state index in [1.807, 2.05) is 0 Å².